The predicted octanol–water partition coefficient (Wildman–Crippen LogP) is 19.6. The first-order chi connectivity index (χ1) is 60.8. The van der Waals surface area contributed by atoms with Gasteiger partial charge in [-0.3, -0.25) is 0 Å². The zero-order chi connectivity index (χ0) is 87.5. The van der Waals surface area contributed by atoms with E-state index in [9.17, 15) is 24.0 Å². The van der Waals surface area contributed by atoms with E-state index in [2.05, 4.69) is 51.3 Å². The van der Waals surface area contributed by atoms with Gasteiger partial charge in [-0.2, -0.15) is 31.3 Å². The number of nitriles is 5. The predicted molar refractivity (Wildman–Crippen MR) is 462 cm³/mol. The van der Waals surface area contributed by atoms with Crippen LogP contribution in [-0.2, 0) is 24.0 Å². The number of aliphatic carboxylic acids is 5. The Morgan fingerprint density at radius 1 is 0.304 bits per heavy atom. The molecule has 0 amide bonds. The van der Waals surface area contributed by atoms with Gasteiger partial charge in [0.05, 0.1) is 14.6 Å². The molecule has 0 saturated carbocycles. The summed E-state index contributed by atoms with van der Waals surface area (Å²) >= 11 is 3.86. The lowest BCUT2D eigenvalue weighted by molar-refractivity contribution is -0.133. The smallest absolute Gasteiger partial charge is 0.346 e. The molecule has 0 radical (unpaired) electrons. The molecule has 33 heteroatoms. The second-order valence-corrected chi connectivity index (χ2v) is 29.4. The average Bonchev–Trinajstić information content (AvgIpc) is 1.62. The van der Waals surface area contributed by atoms with Gasteiger partial charge in [0.25, 0.3) is 11.8 Å². The lowest BCUT2D eigenvalue weighted by Gasteiger charge is -2.01. The molecular formula is C92H51N15O15S3. The Morgan fingerprint density at radius 3 is 1.09 bits per heavy atom. The lowest BCUT2D eigenvalue weighted by Crippen LogP contribution is -1.97. The summed E-state index contributed by atoms with van der Waals surface area (Å²) < 4.78 is 27.1. The molecule has 0 unspecified atom stereocenters. The van der Waals surface area contributed by atoms with Crippen molar-refractivity contribution in [3.63, 3.8) is 0 Å². The topological polar surface area (TPSA) is 500 Å². The molecule has 10 aromatic carbocycles. The molecule has 0 saturated heterocycles. The second kappa shape index (κ2) is 38.5. The third-order valence-electron chi connectivity index (χ3n) is 18.0. The summed E-state index contributed by atoms with van der Waals surface area (Å²) in [6.07, 6.45) is 6.15. The van der Waals surface area contributed by atoms with Gasteiger partial charge in [0, 0.05) is 59.1 Å². The number of rotatable bonds is 18. The number of nitrogens with zero attached hydrogens (tertiary/aromatic N) is 15. The number of carbonyl (C=O) groups is 5. The monoisotopic (exact) mass is 1700 g/mol. The van der Waals surface area contributed by atoms with Crippen LogP contribution >= 0.6 is 34.0 Å². The van der Waals surface area contributed by atoms with Gasteiger partial charge in [0.1, 0.15) is 63.9 Å². The highest BCUT2D eigenvalue weighted by Crippen LogP contribution is 2.39. The zero-order valence-electron chi connectivity index (χ0n) is 63.8. The summed E-state index contributed by atoms with van der Waals surface area (Å²) in [6.45, 7) is 0. The maximum Gasteiger partial charge on any atom is 0.346 e. The zero-order valence-corrected chi connectivity index (χ0v) is 66.3. The lowest BCUT2D eigenvalue weighted by atomic mass is 10.0. The van der Waals surface area contributed by atoms with Crippen molar-refractivity contribution in [2.45, 2.75) is 0 Å². The minimum absolute atomic E-state index is 0.0258. The van der Waals surface area contributed by atoms with Gasteiger partial charge in [-0.15, -0.1) is 64.6 Å². The van der Waals surface area contributed by atoms with Gasteiger partial charge >= 0.3 is 29.8 Å². The number of fused-ring (bicyclic) bond motifs is 5. The number of hydrogen-bond acceptors (Lipinski definition) is 28. The van der Waals surface area contributed by atoms with E-state index in [1.54, 1.807) is 66.7 Å². The van der Waals surface area contributed by atoms with E-state index in [1.165, 1.54) is 52.2 Å². The maximum absolute atomic E-state index is 11.0. The summed E-state index contributed by atoms with van der Waals surface area (Å²) in [5.41, 5.74) is 2.82. The summed E-state index contributed by atoms with van der Waals surface area (Å²) in [7, 11) is 0. The van der Waals surface area contributed by atoms with Gasteiger partial charge in [0.15, 0.2) is 17.2 Å². The van der Waals surface area contributed by atoms with Crippen LogP contribution in [0.25, 0.3) is 173 Å². The number of carboxylic acid groups (broad SMARTS) is 5. The van der Waals surface area contributed by atoms with Crippen LogP contribution in [0.4, 0.5) is 0 Å². The minimum atomic E-state index is -1.34. The van der Waals surface area contributed by atoms with E-state index in [0.717, 1.165) is 98.0 Å². The molecule has 5 N–H and O–H groups in total. The summed E-state index contributed by atoms with van der Waals surface area (Å²) in [5.74, 6) is -3.77. The standard InChI is InChI=1S/3C20H11N3O3S.2C16H9N3O3/c21-11-15(20(24)25)10-16-7-8-17(27-16)18-22-19(26-23-18)14-6-5-12-3-1-2-4-13(12)9-14;21-11-15(20(24)25)10-16-7-8-17(27-16)18-19(26-23-22-18)14-6-5-12-3-1-2-4-13(12)9-14;21-11-15(20(24)25)10-16-7-8-17(27-16)19-23-22-18(26-19)14-6-5-12-3-1-2-4-13(12)9-14;17-9-13(16(20)21)8-14-18-19-15(22-14)12-6-5-10-3-1-2-4-11(10)7-12;17-9-13(16(20)21)8-14-15(22-19-18-14)12-6-5-10-3-1-2-4-11(10)7-12/h3*1-10H,(H,24,25);2*1-8H,(H,20,21)/b3*15-10+;2*13-8+. The number of aromatic nitrogens is 10. The Balaban J connectivity index is 0.000000127. The Kier molecular flexibility index (Phi) is 25.6. The maximum atomic E-state index is 11.0. The molecule has 0 aliphatic carbocycles. The molecule has 125 heavy (non-hydrogen) atoms. The molecule has 8 heterocycles. The fourth-order valence-corrected chi connectivity index (χ4v) is 14.7. The van der Waals surface area contributed by atoms with Crippen molar-refractivity contribution in [1.29, 1.82) is 26.3 Å². The first kappa shape index (κ1) is 83.3. The molecule has 8 aromatic heterocycles. The van der Waals surface area contributed by atoms with Gasteiger partial charge in [0.2, 0.25) is 23.5 Å². The fraction of sp³-hybridized carbons (Fsp3) is 0. The van der Waals surface area contributed by atoms with Crippen molar-refractivity contribution < 1.29 is 71.9 Å². The van der Waals surface area contributed by atoms with Crippen molar-refractivity contribution in [2.24, 2.45) is 0 Å². The molecule has 30 nitrogen and oxygen atoms in total. The van der Waals surface area contributed by atoms with Gasteiger partial charge in [-0.1, -0.05) is 169 Å². The quantitative estimate of drug-likeness (QED) is 0.0393. The average molecular weight is 1700 g/mol. The summed E-state index contributed by atoms with van der Waals surface area (Å²) in [4.78, 5) is 63.1. The highest BCUT2D eigenvalue weighted by Gasteiger charge is 2.22. The van der Waals surface area contributed by atoms with Crippen molar-refractivity contribution in [3.05, 3.63) is 303 Å². The van der Waals surface area contributed by atoms with Gasteiger partial charge in [-0.05, 0) is 163 Å². The third kappa shape index (κ3) is 20.2. The molecule has 0 aliphatic rings. The minimum Gasteiger partial charge on any atom is -0.477 e. The van der Waals surface area contributed by atoms with Crippen molar-refractivity contribution in [3.8, 4) is 119 Å². The fourth-order valence-electron chi connectivity index (χ4n) is 12.0. The Bertz CT molecular complexity index is 7430. The van der Waals surface area contributed by atoms with Crippen LogP contribution in [0.2, 0.25) is 0 Å². The Morgan fingerprint density at radius 2 is 0.640 bits per heavy atom. The third-order valence-corrected chi connectivity index (χ3v) is 21.1. The van der Waals surface area contributed by atoms with Crippen LogP contribution in [0.15, 0.2) is 299 Å². The summed E-state index contributed by atoms with van der Waals surface area (Å²) in [6, 6.07) is 87.4. The number of thiophene rings is 3. The van der Waals surface area contributed by atoms with Crippen LogP contribution in [0, 0.1) is 56.7 Å². The van der Waals surface area contributed by atoms with Gasteiger partial charge < -0.3 is 47.9 Å². The molecule has 0 spiro atoms. The molecule has 18 rings (SSSR count). The van der Waals surface area contributed by atoms with Crippen LogP contribution in [0.1, 0.15) is 26.2 Å². The molecule has 602 valence electrons. The Labute approximate surface area is 715 Å². The normalized spacial score (nSPS) is 11.4. The number of carboxylic acids is 5. The van der Waals surface area contributed by atoms with Crippen molar-refractivity contribution in [1.82, 2.24) is 51.3 Å². The summed E-state index contributed by atoms with van der Waals surface area (Å²) in [5, 5.41) is 134. The van der Waals surface area contributed by atoms with Crippen molar-refractivity contribution >= 4 is 148 Å². The van der Waals surface area contributed by atoms with Crippen LogP contribution < -0.4 is 0 Å². The first-order valence-corrected chi connectivity index (χ1v) is 38.9. The molecule has 0 bridgehead atoms. The van der Waals surface area contributed by atoms with Gasteiger partial charge in [-0.25, -0.2) is 24.0 Å². The molecule has 0 atom stereocenters. The van der Waals surface area contributed by atoms with E-state index < -0.39 is 41.0 Å². The van der Waals surface area contributed by atoms with E-state index in [1.807, 2.05) is 212 Å². The largest absolute Gasteiger partial charge is 0.477 e. The molecule has 18 aromatic rings. The van der Waals surface area contributed by atoms with Crippen LogP contribution in [-0.4, -0.2) is 107 Å². The van der Waals surface area contributed by atoms with Crippen molar-refractivity contribution in [2.75, 3.05) is 0 Å². The first-order valence-electron chi connectivity index (χ1n) is 36.5. The van der Waals surface area contributed by atoms with E-state index in [0.29, 0.717) is 65.8 Å². The Hall–Kier alpha value is -18.2. The number of hydrogen-bond donors (Lipinski definition) is 5. The van der Waals surface area contributed by atoms with Crippen LogP contribution in [0.5, 0.6) is 0 Å². The van der Waals surface area contributed by atoms with E-state index >= 15 is 0 Å². The SMILES string of the molecule is N#C/C(=C\c1ccc(-c2nnc(-c3ccc4ccccc4c3)o2)s1)C(=O)O.N#C/C(=C\c1ccc(-c2nnoc2-c2ccc3ccccc3c2)s1)C(=O)O.N#C/C(=C\c1ccc(-c2noc(-c3ccc4ccccc4c3)n2)s1)C(=O)O.N#C/C(=C\c1nnc(-c2ccc3ccccc3c2)o1)C(=O)O.N#C/C(=C\c1nnoc1-c1ccc2ccccc2c1)C(=O)O. The second-order valence-electron chi connectivity index (χ2n) is 26.0. The van der Waals surface area contributed by atoms with Crippen LogP contribution in [0.3, 0.4) is 0 Å². The molecule has 0 fully saturated rings. The number of benzene rings is 10. The van der Waals surface area contributed by atoms with E-state index in [-0.39, 0.29) is 34.2 Å². The highest BCUT2D eigenvalue weighted by atomic mass is 32.1. The highest BCUT2D eigenvalue weighted by molar-refractivity contribution is 7.17. The molecule has 0 aliphatic heterocycles. The molecular weight excluding hydrogens is 1650 g/mol. The van der Waals surface area contributed by atoms with E-state index in [4.69, 9.17) is 74.2 Å².